The van der Waals surface area contributed by atoms with Gasteiger partial charge in [-0.1, -0.05) is 0 Å². The van der Waals surface area contributed by atoms with Gasteiger partial charge < -0.3 is 21.3 Å². The summed E-state index contributed by atoms with van der Waals surface area (Å²) in [5.74, 6) is -0.280. The summed E-state index contributed by atoms with van der Waals surface area (Å²) in [6.07, 6.45) is 1.80. The van der Waals surface area contributed by atoms with E-state index in [2.05, 4.69) is 10.6 Å². The van der Waals surface area contributed by atoms with Crippen LogP contribution in [0, 0.1) is 5.82 Å². The SMILES string of the molecule is Cl.NCCC(=O)N1CCC(NC(=O)Nc2ccc(F)cc2)CC1. The zero-order valence-corrected chi connectivity index (χ0v) is 13.6. The topological polar surface area (TPSA) is 87.5 Å². The van der Waals surface area contributed by atoms with Gasteiger partial charge in [-0.05, 0) is 37.1 Å². The average Bonchev–Trinajstić information content (AvgIpc) is 2.50. The first-order chi connectivity index (χ1) is 10.6. The van der Waals surface area contributed by atoms with Gasteiger partial charge in [0.05, 0.1) is 0 Å². The van der Waals surface area contributed by atoms with Crippen LogP contribution in [0.3, 0.4) is 0 Å². The number of urea groups is 1. The number of anilines is 1. The maximum Gasteiger partial charge on any atom is 0.319 e. The summed E-state index contributed by atoms with van der Waals surface area (Å²) in [4.78, 5) is 25.4. The number of hydrogen-bond donors (Lipinski definition) is 3. The maximum atomic E-state index is 12.8. The van der Waals surface area contributed by atoms with Gasteiger partial charge in [-0.25, -0.2) is 9.18 Å². The number of nitrogens with two attached hydrogens (primary N) is 1. The lowest BCUT2D eigenvalue weighted by atomic mass is 10.0. The number of amides is 3. The summed E-state index contributed by atoms with van der Waals surface area (Å²) >= 11 is 0. The third-order valence-electron chi connectivity index (χ3n) is 3.64. The maximum absolute atomic E-state index is 12.8. The fraction of sp³-hybridized carbons (Fsp3) is 0.467. The van der Waals surface area contributed by atoms with E-state index >= 15 is 0 Å². The number of nitrogens with zero attached hydrogens (tertiary/aromatic N) is 1. The van der Waals surface area contributed by atoms with Crippen molar-refractivity contribution >= 4 is 30.0 Å². The van der Waals surface area contributed by atoms with Crippen LogP contribution in [-0.4, -0.2) is 42.5 Å². The Morgan fingerprint density at radius 1 is 1.22 bits per heavy atom. The normalized spacial score (nSPS) is 14.8. The molecule has 8 heteroatoms. The smallest absolute Gasteiger partial charge is 0.319 e. The molecule has 0 aromatic heterocycles. The molecule has 0 spiro atoms. The van der Waals surface area contributed by atoms with Gasteiger partial charge in [-0.15, -0.1) is 12.4 Å². The van der Waals surface area contributed by atoms with Crippen molar-refractivity contribution in [2.45, 2.75) is 25.3 Å². The first-order valence-corrected chi connectivity index (χ1v) is 7.39. The Bertz CT molecular complexity index is 519. The monoisotopic (exact) mass is 344 g/mol. The number of halogens is 2. The second-order valence-electron chi connectivity index (χ2n) is 5.30. The summed E-state index contributed by atoms with van der Waals surface area (Å²) in [6, 6.07) is 5.29. The van der Waals surface area contributed by atoms with Crippen LogP contribution in [0.5, 0.6) is 0 Å². The predicted octanol–water partition coefficient (Wildman–Crippen LogP) is 1.71. The highest BCUT2D eigenvalue weighted by Gasteiger charge is 2.23. The van der Waals surface area contributed by atoms with Crippen molar-refractivity contribution in [1.29, 1.82) is 0 Å². The molecular weight excluding hydrogens is 323 g/mol. The van der Waals surface area contributed by atoms with E-state index in [1.165, 1.54) is 24.3 Å². The lowest BCUT2D eigenvalue weighted by molar-refractivity contribution is -0.132. The van der Waals surface area contributed by atoms with Crippen LogP contribution in [0.2, 0.25) is 0 Å². The second kappa shape index (κ2) is 9.32. The number of benzene rings is 1. The molecular formula is C15H22ClFN4O2. The van der Waals surface area contributed by atoms with Gasteiger partial charge in [0, 0.05) is 37.8 Å². The number of carbonyl (C=O) groups is 2. The van der Waals surface area contributed by atoms with E-state index in [4.69, 9.17) is 5.73 Å². The molecule has 3 amide bonds. The highest BCUT2D eigenvalue weighted by Crippen LogP contribution is 2.12. The minimum Gasteiger partial charge on any atom is -0.343 e. The van der Waals surface area contributed by atoms with Crippen molar-refractivity contribution in [3.8, 4) is 0 Å². The summed E-state index contributed by atoms with van der Waals surface area (Å²) in [6.45, 7) is 1.61. The van der Waals surface area contributed by atoms with Crippen molar-refractivity contribution < 1.29 is 14.0 Å². The molecule has 0 atom stereocenters. The lowest BCUT2D eigenvalue weighted by Gasteiger charge is -2.32. The number of piperidine rings is 1. The summed E-state index contributed by atoms with van der Waals surface area (Å²) in [5.41, 5.74) is 5.91. The van der Waals surface area contributed by atoms with Gasteiger partial charge in [0.1, 0.15) is 5.82 Å². The lowest BCUT2D eigenvalue weighted by Crippen LogP contribution is -2.47. The third kappa shape index (κ3) is 6.03. The first kappa shape index (κ1) is 19.2. The number of carbonyl (C=O) groups excluding carboxylic acids is 2. The van der Waals surface area contributed by atoms with Crippen LogP contribution < -0.4 is 16.4 Å². The molecule has 23 heavy (non-hydrogen) atoms. The molecule has 1 heterocycles. The highest BCUT2D eigenvalue weighted by atomic mass is 35.5. The molecule has 0 bridgehead atoms. The zero-order valence-electron chi connectivity index (χ0n) is 12.8. The van der Waals surface area contributed by atoms with E-state index in [0.29, 0.717) is 44.6 Å². The van der Waals surface area contributed by atoms with E-state index in [-0.39, 0.29) is 36.2 Å². The Hall–Kier alpha value is -1.86. The van der Waals surface area contributed by atoms with E-state index < -0.39 is 0 Å². The minimum atomic E-state index is -0.347. The van der Waals surface area contributed by atoms with E-state index in [9.17, 15) is 14.0 Å². The average molecular weight is 345 g/mol. The quantitative estimate of drug-likeness (QED) is 0.777. The van der Waals surface area contributed by atoms with Crippen LogP contribution in [-0.2, 0) is 4.79 Å². The third-order valence-corrected chi connectivity index (χ3v) is 3.64. The molecule has 4 N–H and O–H groups in total. The fourth-order valence-corrected chi connectivity index (χ4v) is 2.44. The van der Waals surface area contributed by atoms with Gasteiger partial charge in [0.2, 0.25) is 5.91 Å². The molecule has 0 aliphatic carbocycles. The van der Waals surface area contributed by atoms with Gasteiger partial charge >= 0.3 is 6.03 Å². The molecule has 1 aromatic carbocycles. The largest absolute Gasteiger partial charge is 0.343 e. The van der Waals surface area contributed by atoms with E-state index in [1.807, 2.05) is 0 Å². The van der Waals surface area contributed by atoms with Crippen LogP contribution in [0.1, 0.15) is 19.3 Å². The zero-order chi connectivity index (χ0) is 15.9. The Balaban J connectivity index is 0.00000264. The molecule has 1 saturated heterocycles. The van der Waals surface area contributed by atoms with Crippen LogP contribution in [0.15, 0.2) is 24.3 Å². The van der Waals surface area contributed by atoms with Crippen molar-refractivity contribution in [3.05, 3.63) is 30.1 Å². The molecule has 1 aliphatic rings. The summed E-state index contributed by atoms with van der Waals surface area (Å²) in [7, 11) is 0. The molecule has 0 saturated carbocycles. The van der Waals surface area contributed by atoms with Crippen LogP contribution in [0.25, 0.3) is 0 Å². The highest BCUT2D eigenvalue weighted by molar-refractivity contribution is 5.89. The number of hydrogen-bond acceptors (Lipinski definition) is 3. The summed E-state index contributed by atoms with van der Waals surface area (Å²) in [5, 5.41) is 5.52. The Morgan fingerprint density at radius 3 is 2.39 bits per heavy atom. The molecule has 1 aromatic rings. The van der Waals surface area contributed by atoms with E-state index in [0.717, 1.165) is 0 Å². The fourth-order valence-electron chi connectivity index (χ4n) is 2.44. The number of nitrogens with one attached hydrogen (secondary N) is 2. The van der Waals surface area contributed by atoms with Crippen LogP contribution >= 0.6 is 12.4 Å². The van der Waals surface area contributed by atoms with Crippen molar-refractivity contribution in [3.63, 3.8) is 0 Å². The molecule has 6 nitrogen and oxygen atoms in total. The second-order valence-corrected chi connectivity index (χ2v) is 5.30. The molecule has 1 fully saturated rings. The Kier molecular flexibility index (Phi) is 7.77. The summed E-state index contributed by atoms with van der Waals surface area (Å²) < 4.78 is 12.8. The Labute approximate surface area is 141 Å². The van der Waals surface area contributed by atoms with Gasteiger partial charge in [0.25, 0.3) is 0 Å². The number of rotatable bonds is 4. The molecule has 128 valence electrons. The first-order valence-electron chi connectivity index (χ1n) is 7.39. The van der Waals surface area contributed by atoms with Crippen molar-refractivity contribution in [2.24, 2.45) is 5.73 Å². The van der Waals surface area contributed by atoms with Crippen molar-refractivity contribution in [2.75, 3.05) is 25.0 Å². The van der Waals surface area contributed by atoms with Gasteiger partial charge in [-0.2, -0.15) is 0 Å². The molecule has 2 rings (SSSR count). The Morgan fingerprint density at radius 2 is 1.83 bits per heavy atom. The minimum absolute atomic E-state index is 0. The standard InChI is InChI=1S/C15H21FN4O2.ClH/c16-11-1-3-12(4-2-11)18-15(22)19-13-6-9-20(10-7-13)14(21)5-8-17;/h1-4,13H,5-10,17H2,(H2,18,19,22);1H. The van der Waals surface area contributed by atoms with Gasteiger partial charge in [0.15, 0.2) is 0 Å². The van der Waals surface area contributed by atoms with E-state index in [1.54, 1.807) is 4.90 Å². The molecule has 0 unspecified atom stereocenters. The van der Waals surface area contributed by atoms with Gasteiger partial charge in [-0.3, -0.25) is 4.79 Å². The van der Waals surface area contributed by atoms with Crippen molar-refractivity contribution in [1.82, 2.24) is 10.2 Å². The van der Waals surface area contributed by atoms with Crippen LogP contribution in [0.4, 0.5) is 14.9 Å². The number of likely N-dealkylation sites (tertiary alicyclic amines) is 1. The molecule has 1 aliphatic heterocycles. The predicted molar refractivity (Wildman–Crippen MR) is 89.1 cm³/mol. The molecule has 0 radical (unpaired) electrons.